The van der Waals surface area contributed by atoms with Crippen LogP contribution in [0.5, 0.6) is 11.5 Å². The smallest absolute Gasteiger partial charge is 0.273 e. The molecule has 0 saturated heterocycles. The van der Waals surface area contributed by atoms with E-state index in [2.05, 4.69) is 26.5 Å². The van der Waals surface area contributed by atoms with Gasteiger partial charge in [0.2, 0.25) is 6.79 Å². The summed E-state index contributed by atoms with van der Waals surface area (Å²) in [6.07, 6.45) is 0.810. The molecule has 124 valence electrons. The van der Waals surface area contributed by atoms with Crippen LogP contribution in [0.3, 0.4) is 0 Å². The van der Waals surface area contributed by atoms with Gasteiger partial charge in [-0.3, -0.25) is 4.79 Å². The number of amides is 1. The average Bonchev–Trinajstić information content (AvgIpc) is 3.04. The highest BCUT2D eigenvalue weighted by Gasteiger charge is 2.19. The molecule has 0 unspecified atom stereocenters. The van der Waals surface area contributed by atoms with Crippen LogP contribution in [0, 0.1) is 0 Å². The topological polar surface area (TPSA) is 69.2 Å². The summed E-state index contributed by atoms with van der Waals surface area (Å²) >= 11 is 3.43. The zero-order chi connectivity index (χ0) is 16.9. The highest BCUT2D eigenvalue weighted by Crippen LogP contribution is 2.36. The molecule has 0 saturated carbocycles. The van der Waals surface area contributed by atoms with Crippen molar-refractivity contribution in [1.29, 1.82) is 0 Å². The fourth-order valence-corrected chi connectivity index (χ4v) is 2.70. The van der Waals surface area contributed by atoms with E-state index in [0.717, 1.165) is 15.6 Å². The first-order chi connectivity index (χ1) is 11.7. The molecule has 7 heteroatoms. The normalized spacial score (nSPS) is 13.9. The quantitative estimate of drug-likeness (QED) is 0.629. The first-order valence-corrected chi connectivity index (χ1v) is 7.98. The number of ether oxygens (including phenoxy) is 3. The summed E-state index contributed by atoms with van der Waals surface area (Å²) in [5.41, 5.74) is 4.01. The van der Waals surface area contributed by atoms with E-state index in [-0.39, 0.29) is 12.7 Å². The van der Waals surface area contributed by atoms with Crippen LogP contribution in [-0.4, -0.2) is 26.0 Å². The second kappa shape index (κ2) is 7.46. The SMILES string of the molecule is CO[C@@H](C(=O)NN=Cc1cc2c(cc1Br)OCO2)c1ccccc1. The third-order valence-corrected chi connectivity index (χ3v) is 4.13. The van der Waals surface area contributed by atoms with E-state index in [0.29, 0.717) is 11.5 Å². The van der Waals surface area contributed by atoms with Crippen molar-refractivity contribution in [3.8, 4) is 11.5 Å². The molecule has 0 bridgehead atoms. The lowest BCUT2D eigenvalue weighted by atomic mass is 10.1. The number of methoxy groups -OCH3 is 1. The van der Waals surface area contributed by atoms with Crippen LogP contribution in [0.25, 0.3) is 0 Å². The Kier molecular flexibility index (Phi) is 5.12. The van der Waals surface area contributed by atoms with Crippen molar-refractivity contribution in [2.24, 2.45) is 5.10 Å². The molecule has 1 aliphatic rings. The monoisotopic (exact) mass is 390 g/mol. The molecule has 1 heterocycles. The summed E-state index contributed by atoms with van der Waals surface area (Å²) in [5, 5.41) is 3.99. The van der Waals surface area contributed by atoms with E-state index in [4.69, 9.17) is 14.2 Å². The first kappa shape index (κ1) is 16.5. The lowest BCUT2D eigenvalue weighted by Gasteiger charge is -2.13. The zero-order valence-corrected chi connectivity index (χ0v) is 14.4. The molecule has 1 aliphatic heterocycles. The Morgan fingerprint density at radius 2 is 2.00 bits per heavy atom. The Balaban J connectivity index is 1.69. The van der Waals surface area contributed by atoms with E-state index in [1.54, 1.807) is 12.1 Å². The minimum Gasteiger partial charge on any atom is -0.454 e. The molecule has 0 radical (unpaired) electrons. The molecular weight excluding hydrogens is 376 g/mol. The average molecular weight is 391 g/mol. The van der Waals surface area contributed by atoms with Crippen LogP contribution >= 0.6 is 15.9 Å². The molecule has 0 aliphatic carbocycles. The highest BCUT2D eigenvalue weighted by molar-refractivity contribution is 9.10. The second-order valence-electron chi connectivity index (χ2n) is 4.99. The van der Waals surface area contributed by atoms with Gasteiger partial charge in [-0.1, -0.05) is 30.3 Å². The van der Waals surface area contributed by atoms with Gasteiger partial charge in [-0.25, -0.2) is 5.43 Å². The summed E-state index contributed by atoms with van der Waals surface area (Å²) in [6.45, 7) is 0.200. The number of hydrazone groups is 1. The van der Waals surface area contributed by atoms with Crippen LogP contribution in [0.4, 0.5) is 0 Å². The van der Waals surface area contributed by atoms with Crippen molar-refractivity contribution in [2.75, 3.05) is 13.9 Å². The minimum atomic E-state index is -0.719. The van der Waals surface area contributed by atoms with Crippen molar-refractivity contribution in [2.45, 2.75) is 6.10 Å². The fraction of sp³-hybridized carbons (Fsp3) is 0.176. The maximum Gasteiger partial charge on any atom is 0.273 e. The van der Waals surface area contributed by atoms with Crippen molar-refractivity contribution in [1.82, 2.24) is 5.43 Å². The second-order valence-corrected chi connectivity index (χ2v) is 5.84. The fourth-order valence-electron chi connectivity index (χ4n) is 2.28. The molecule has 24 heavy (non-hydrogen) atoms. The van der Waals surface area contributed by atoms with Crippen LogP contribution in [0.1, 0.15) is 17.2 Å². The maximum absolute atomic E-state index is 12.2. The Labute approximate surface area is 147 Å². The van der Waals surface area contributed by atoms with E-state index < -0.39 is 6.10 Å². The van der Waals surface area contributed by atoms with Crippen molar-refractivity contribution in [3.05, 3.63) is 58.1 Å². The molecule has 6 nitrogen and oxygen atoms in total. The van der Waals surface area contributed by atoms with Crippen molar-refractivity contribution < 1.29 is 19.0 Å². The Morgan fingerprint density at radius 3 is 2.71 bits per heavy atom. The van der Waals surface area contributed by atoms with Gasteiger partial charge < -0.3 is 14.2 Å². The van der Waals surface area contributed by atoms with Gasteiger partial charge in [0.25, 0.3) is 5.91 Å². The summed E-state index contributed by atoms with van der Waals surface area (Å²) in [7, 11) is 1.48. The third kappa shape index (κ3) is 3.58. The number of hydrogen-bond donors (Lipinski definition) is 1. The first-order valence-electron chi connectivity index (χ1n) is 7.19. The Hall–Kier alpha value is -2.38. The van der Waals surface area contributed by atoms with Crippen LogP contribution in [0.2, 0.25) is 0 Å². The van der Waals surface area contributed by atoms with E-state index >= 15 is 0 Å². The number of nitrogens with one attached hydrogen (secondary N) is 1. The van der Waals surface area contributed by atoms with Crippen molar-refractivity contribution >= 4 is 28.1 Å². The summed E-state index contributed by atoms with van der Waals surface area (Å²) < 4.78 is 16.7. The molecule has 0 fully saturated rings. The number of benzene rings is 2. The number of halogens is 1. The number of fused-ring (bicyclic) bond motifs is 1. The molecule has 0 aromatic heterocycles. The van der Waals surface area contributed by atoms with Crippen LogP contribution in [0.15, 0.2) is 52.0 Å². The molecule has 2 aromatic rings. The van der Waals surface area contributed by atoms with Crippen molar-refractivity contribution in [3.63, 3.8) is 0 Å². The minimum absolute atomic E-state index is 0.200. The number of rotatable bonds is 5. The standard InChI is InChI=1S/C17H15BrN2O4/c1-22-16(11-5-3-2-4-6-11)17(21)20-19-9-12-7-14-15(8-13(12)18)24-10-23-14/h2-9,16H,10H2,1H3,(H,20,21)/t16-/m1/s1. The van der Waals surface area contributed by atoms with Gasteiger partial charge in [0.05, 0.1) is 6.21 Å². The molecular formula is C17H15BrN2O4. The predicted molar refractivity (Wildman–Crippen MR) is 92.2 cm³/mol. The lowest BCUT2D eigenvalue weighted by Crippen LogP contribution is -2.26. The molecule has 1 atom stereocenters. The highest BCUT2D eigenvalue weighted by atomic mass is 79.9. The summed E-state index contributed by atoms with van der Waals surface area (Å²) in [6, 6.07) is 12.8. The summed E-state index contributed by atoms with van der Waals surface area (Å²) in [4.78, 5) is 12.2. The molecule has 2 aromatic carbocycles. The zero-order valence-electron chi connectivity index (χ0n) is 12.9. The molecule has 1 N–H and O–H groups in total. The number of carbonyl (C=O) groups excluding carboxylic acids is 1. The van der Waals surface area contributed by atoms with E-state index in [9.17, 15) is 4.79 Å². The summed E-state index contributed by atoms with van der Waals surface area (Å²) in [5.74, 6) is 0.966. The van der Waals surface area contributed by atoms with Gasteiger partial charge in [0.1, 0.15) is 0 Å². The van der Waals surface area contributed by atoms with E-state index in [1.165, 1.54) is 13.3 Å². The van der Waals surface area contributed by atoms with Gasteiger partial charge in [0, 0.05) is 17.1 Å². The Morgan fingerprint density at radius 1 is 1.29 bits per heavy atom. The van der Waals surface area contributed by atoms with Gasteiger partial charge >= 0.3 is 0 Å². The lowest BCUT2D eigenvalue weighted by molar-refractivity contribution is -0.131. The van der Waals surface area contributed by atoms with Gasteiger partial charge in [-0.15, -0.1) is 0 Å². The van der Waals surface area contributed by atoms with Crippen LogP contribution < -0.4 is 14.9 Å². The van der Waals surface area contributed by atoms with Crippen LogP contribution in [-0.2, 0) is 9.53 Å². The van der Waals surface area contributed by atoms with Gasteiger partial charge in [-0.2, -0.15) is 5.10 Å². The van der Waals surface area contributed by atoms with E-state index in [1.807, 2.05) is 30.3 Å². The van der Waals surface area contributed by atoms with Gasteiger partial charge in [0.15, 0.2) is 17.6 Å². The molecule has 3 rings (SSSR count). The largest absolute Gasteiger partial charge is 0.454 e. The van der Waals surface area contributed by atoms with Gasteiger partial charge in [-0.05, 0) is 33.6 Å². The maximum atomic E-state index is 12.2. The number of nitrogens with zero attached hydrogens (tertiary/aromatic N) is 1. The predicted octanol–water partition coefficient (Wildman–Crippen LogP) is 3.02. The number of carbonyl (C=O) groups is 1. The molecule has 1 amide bonds. The third-order valence-electron chi connectivity index (χ3n) is 3.45. The molecule has 0 spiro atoms. The number of hydrogen-bond acceptors (Lipinski definition) is 5. The Bertz CT molecular complexity index is 765.